The predicted octanol–water partition coefficient (Wildman–Crippen LogP) is 3.03. The van der Waals surface area contributed by atoms with E-state index in [1.54, 1.807) is 0 Å². The highest BCUT2D eigenvalue weighted by molar-refractivity contribution is 4.95. The number of nitrogens with two attached hydrogens (primary N) is 1. The first-order chi connectivity index (χ1) is 9.47. The van der Waals surface area contributed by atoms with Gasteiger partial charge in [-0.25, -0.2) is 0 Å². The van der Waals surface area contributed by atoms with Gasteiger partial charge in [-0.15, -0.1) is 0 Å². The molecule has 4 atom stereocenters. The smallest absolute Gasteiger partial charge is 0.0698 e. The fraction of sp³-hybridized carbons (Fsp3) is 1.00. The van der Waals surface area contributed by atoms with Crippen molar-refractivity contribution in [3.8, 4) is 0 Å². The molecule has 0 aromatic rings. The van der Waals surface area contributed by atoms with Crippen molar-refractivity contribution in [3.05, 3.63) is 0 Å². The molecule has 0 spiro atoms. The molecule has 4 unspecified atom stereocenters. The van der Waals surface area contributed by atoms with Crippen LogP contribution < -0.4 is 5.73 Å². The zero-order chi connectivity index (χ0) is 14.8. The Morgan fingerprint density at radius 3 is 2.65 bits per heavy atom. The lowest BCUT2D eigenvalue weighted by molar-refractivity contribution is -0.0120. The Morgan fingerprint density at radius 1 is 1.25 bits per heavy atom. The third-order valence-corrected chi connectivity index (χ3v) is 6.10. The van der Waals surface area contributed by atoms with Gasteiger partial charge < -0.3 is 10.5 Å². The average molecular weight is 282 g/mol. The van der Waals surface area contributed by atoms with Crippen molar-refractivity contribution in [2.45, 2.75) is 77.5 Å². The molecular formula is C17H34N2O. The zero-order valence-corrected chi connectivity index (χ0v) is 13.9. The van der Waals surface area contributed by atoms with Gasteiger partial charge in [0.15, 0.2) is 0 Å². The van der Waals surface area contributed by atoms with Crippen LogP contribution >= 0.6 is 0 Å². The summed E-state index contributed by atoms with van der Waals surface area (Å²) in [7, 11) is 1.85. The Hall–Kier alpha value is -0.120. The molecule has 20 heavy (non-hydrogen) atoms. The van der Waals surface area contributed by atoms with Gasteiger partial charge in [-0.05, 0) is 50.0 Å². The van der Waals surface area contributed by atoms with Gasteiger partial charge in [0.05, 0.1) is 6.10 Å². The summed E-state index contributed by atoms with van der Waals surface area (Å²) in [5.41, 5.74) is 6.91. The van der Waals surface area contributed by atoms with Gasteiger partial charge in [0, 0.05) is 25.7 Å². The predicted molar refractivity (Wildman–Crippen MR) is 84.8 cm³/mol. The van der Waals surface area contributed by atoms with E-state index in [9.17, 15) is 0 Å². The molecule has 3 heteroatoms. The summed E-state index contributed by atoms with van der Waals surface area (Å²) in [6.45, 7) is 9.47. The summed E-state index contributed by atoms with van der Waals surface area (Å²) < 4.78 is 5.58. The quantitative estimate of drug-likeness (QED) is 0.861. The highest BCUT2D eigenvalue weighted by atomic mass is 16.5. The number of methoxy groups -OCH3 is 1. The fourth-order valence-electron chi connectivity index (χ4n) is 4.05. The van der Waals surface area contributed by atoms with E-state index in [2.05, 4.69) is 25.7 Å². The Bertz CT molecular complexity index is 305. The summed E-state index contributed by atoms with van der Waals surface area (Å²) in [6.07, 6.45) is 7.91. The monoisotopic (exact) mass is 282 g/mol. The second-order valence-corrected chi connectivity index (χ2v) is 7.58. The van der Waals surface area contributed by atoms with Crippen LogP contribution in [0.1, 0.15) is 59.3 Å². The van der Waals surface area contributed by atoms with Crippen LogP contribution in [0.2, 0.25) is 0 Å². The molecule has 2 aliphatic rings. The lowest BCUT2D eigenvalue weighted by Gasteiger charge is -2.47. The number of likely N-dealkylation sites (tertiary alicyclic amines) is 1. The Balaban J connectivity index is 2.01. The standard InChI is InChI=1S/C17H34N2O/c1-5-17(2,3)13-8-9-15(18)16(11-13)19-10-6-7-14(12-19)20-4/h13-16H,5-12,18H2,1-4H3. The van der Waals surface area contributed by atoms with Crippen LogP contribution in [-0.2, 0) is 4.74 Å². The first kappa shape index (κ1) is 16.3. The molecule has 0 amide bonds. The Labute approximate surface area is 125 Å². The van der Waals surface area contributed by atoms with Gasteiger partial charge in [0.25, 0.3) is 0 Å². The Kier molecular flexibility index (Phi) is 5.49. The molecule has 2 fully saturated rings. The van der Waals surface area contributed by atoms with Gasteiger partial charge in [-0.3, -0.25) is 4.90 Å². The number of rotatable bonds is 4. The van der Waals surface area contributed by atoms with Crippen molar-refractivity contribution < 1.29 is 4.74 Å². The third-order valence-electron chi connectivity index (χ3n) is 6.10. The van der Waals surface area contributed by atoms with E-state index in [-0.39, 0.29) is 0 Å². The van der Waals surface area contributed by atoms with E-state index < -0.39 is 0 Å². The topological polar surface area (TPSA) is 38.5 Å². The van der Waals surface area contributed by atoms with Crippen LogP contribution in [-0.4, -0.2) is 43.3 Å². The van der Waals surface area contributed by atoms with Gasteiger partial charge >= 0.3 is 0 Å². The van der Waals surface area contributed by atoms with Crippen LogP contribution in [0.4, 0.5) is 0 Å². The number of ether oxygens (including phenoxy) is 1. The summed E-state index contributed by atoms with van der Waals surface area (Å²) in [5, 5.41) is 0. The highest BCUT2D eigenvalue weighted by Gasteiger charge is 2.39. The molecule has 1 aliphatic heterocycles. The van der Waals surface area contributed by atoms with Gasteiger partial charge in [-0.2, -0.15) is 0 Å². The minimum Gasteiger partial charge on any atom is -0.380 e. The van der Waals surface area contributed by atoms with Crippen molar-refractivity contribution in [1.29, 1.82) is 0 Å². The van der Waals surface area contributed by atoms with Crippen molar-refractivity contribution in [2.75, 3.05) is 20.2 Å². The minimum atomic E-state index is 0.356. The van der Waals surface area contributed by atoms with Crippen LogP contribution in [0.5, 0.6) is 0 Å². The van der Waals surface area contributed by atoms with E-state index in [1.165, 1.54) is 45.1 Å². The van der Waals surface area contributed by atoms with Gasteiger partial charge in [-0.1, -0.05) is 27.2 Å². The molecule has 3 nitrogen and oxygen atoms in total. The largest absolute Gasteiger partial charge is 0.380 e. The van der Waals surface area contributed by atoms with Crippen molar-refractivity contribution in [1.82, 2.24) is 4.90 Å². The number of piperidine rings is 1. The number of hydrogen-bond donors (Lipinski definition) is 1. The lowest BCUT2D eigenvalue weighted by atomic mass is 9.67. The first-order valence-corrected chi connectivity index (χ1v) is 8.50. The molecule has 118 valence electrons. The van der Waals surface area contributed by atoms with Crippen molar-refractivity contribution in [3.63, 3.8) is 0 Å². The Morgan fingerprint density at radius 2 is 2.00 bits per heavy atom. The molecule has 0 radical (unpaired) electrons. The molecule has 1 saturated heterocycles. The van der Waals surface area contributed by atoms with Crippen LogP contribution in [0.3, 0.4) is 0 Å². The highest BCUT2D eigenvalue weighted by Crippen LogP contribution is 2.41. The summed E-state index contributed by atoms with van der Waals surface area (Å²) in [4.78, 5) is 2.63. The molecule has 0 aromatic heterocycles. The van der Waals surface area contributed by atoms with E-state index in [0.717, 1.165) is 12.5 Å². The van der Waals surface area contributed by atoms with E-state index in [4.69, 9.17) is 10.5 Å². The lowest BCUT2D eigenvalue weighted by Crippen LogP contribution is -2.56. The maximum Gasteiger partial charge on any atom is 0.0698 e. The molecule has 1 aliphatic carbocycles. The van der Waals surface area contributed by atoms with Crippen LogP contribution in [0, 0.1) is 11.3 Å². The number of hydrogen-bond acceptors (Lipinski definition) is 3. The SMILES string of the molecule is CCC(C)(C)C1CCC(N)C(N2CCCC(OC)C2)C1. The van der Waals surface area contributed by atoms with E-state index >= 15 is 0 Å². The van der Waals surface area contributed by atoms with Crippen LogP contribution in [0.25, 0.3) is 0 Å². The molecule has 0 bridgehead atoms. The minimum absolute atomic E-state index is 0.356. The van der Waals surface area contributed by atoms with Gasteiger partial charge in [0.1, 0.15) is 0 Å². The van der Waals surface area contributed by atoms with Gasteiger partial charge in [0.2, 0.25) is 0 Å². The van der Waals surface area contributed by atoms with E-state index in [0.29, 0.717) is 23.6 Å². The fourth-order valence-corrected chi connectivity index (χ4v) is 4.05. The molecular weight excluding hydrogens is 248 g/mol. The molecule has 1 saturated carbocycles. The zero-order valence-electron chi connectivity index (χ0n) is 13.9. The number of nitrogens with zero attached hydrogens (tertiary/aromatic N) is 1. The second-order valence-electron chi connectivity index (χ2n) is 7.58. The molecule has 1 heterocycles. The van der Waals surface area contributed by atoms with E-state index in [1.807, 2.05) is 7.11 Å². The molecule has 2 N–H and O–H groups in total. The first-order valence-electron chi connectivity index (χ1n) is 8.50. The average Bonchev–Trinajstić information content (AvgIpc) is 2.47. The van der Waals surface area contributed by atoms with Crippen molar-refractivity contribution in [2.24, 2.45) is 17.1 Å². The maximum atomic E-state index is 6.46. The third kappa shape index (κ3) is 3.55. The summed E-state index contributed by atoms with van der Waals surface area (Å²) >= 11 is 0. The second kappa shape index (κ2) is 6.76. The van der Waals surface area contributed by atoms with Crippen molar-refractivity contribution >= 4 is 0 Å². The molecule has 2 rings (SSSR count). The summed E-state index contributed by atoms with van der Waals surface area (Å²) in [6, 6.07) is 0.923. The van der Waals surface area contributed by atoms with Crippen LogP contribution in [0.15, 0.2) is 0 Å². The maximum absolute atomic E-state index is 6.46. The summed E-state index contributed by atoms with van der Waals surface area (Å²) in [5.74, 6) is 0.820. The normalized spacial score (nSPS) is 37.0. The molecule has 0 aromatic carbocycles.